The molecule has 1 aliphatic heterocycles. The van der Waals surface area contributed by atoms with Crippen molar-refractivity contribution in [3.63, 3.8) is 0 Å². The number of fused-ring (bicyclic) bond motifs is 1. The molecule has 6 heteroatoms. The summed E-state index contributed by atoms with van der Waals surface area (Å²) in [5.41, 5.74) is 2.70. The molecule has 2 aromatic rings. The SMILES string of the molecule is CCc1nnsc1C(=O)N1CC(C)Oc2cc(C)ccc21. The van der Waals surface area contributed by atoms with Gasteiger partial charge in [-0.15, -0.1) is 5.10 Å². The van der Waals surface area contributed by atoms with Crippen LogP contribution in [0.1, 0.15) is 34.8 Å². The van der Waals surface area contributed by atoms with E-state index in [1.54, 1.807) is 4.90 Å². The molecule has 3 rings (SSSR count). The number of nitrogens with zero attached hydrogens (tertiary/aromatic N) is 3. The van der Waals surface area contributed by atoms with Crippen LogP contribution in [0.4, 0.5) is 5.69 Å². The number of aryl methyl sites for hydroxylation is 2. The zero-order valence-corrected chi connectivity index (χ0v) is 13.1. The van der Waals surface area contributed by atoms with Crippen molar-refractivity contribution >= 4 is 23.1 Å². The van der Waals surface area contributed by atoms with Gasteiger partial charge in [-0.3, -0.25) is 4.79 Å². The first-order chi connectivity index (χ1) is 10.1. The summed E-state index contributed by atoms with van der Waals surface area (Å²) in [6.45, 7) is 6.50. The van der Waals surface area contributed by atoms with E-state index in [4.69, 9.17) is 4.74 Å². The van der Waals surface area contributed by atoms with E-state index in [2.05, 4.69) is 9.59 Å². The minimum absolute atomic E-state index is 0.0331. The molecule has 21 heavy (non-hydrogen) atoms. The Bertz CT molecular complexity index is 683. The number of hydrogen-bond acceptors (Lipinski definition) is 5. The summed E-state index contributed by atoms with van der Waals surface area (Å²) in [6, 6.07) is 5.90. The topological polar surface area (TPSA) is 55.3 Å². The molecule has 0 radical (unpaired) electrons. The molecule has 0 saturated carbocycles. The van der Waals surface area contributed by atoms with E-state index < -0.39 is 0 Å². The first kappa shape index (κ1) is 14.0. The van der Waals surface area contributed by atoms with Gasteiger partial charge in [0.15, 0.2) is 0 Å². The highest BCUT2D eigenvalue weighted by atomic mass is 32.1. The molecule has 0 fully saturated rings. The highest BCUT2D eigenvalue weighted by molar-refractivity contribution is 7.08. The fraction of sp³-hybridized carbons (Fsp3) is 0.400. The molecule has 110 valence electrons. The highest BCUT2D eigenvalue weighted by Gasteiger charge is 2.30. The molecule has 0 bridgehead atoms. The van der Waals surface area contributed by atoms with Gasteiger partial charge in [0.1, 0.15) is 16.7 Å². The lowest BCUT2D eigenvalue weighted by Crippen LogP contribution is -2.42. The number of rotatable bonds is 2. The molecule has 0 spiro atoms. The molecule has 1 aliphatic rings. The third-order valence-electron chi connectivity index (χ3n) is 3.50. The second-order valence-corrected chi connectivity index (χ2v) is 5.97. The number of carbonyl (C=O) groups is 1. The Balaban J connectivity index is 2.01. The molecular weight excluding hydrogens is 286 g/mol. The maximum Gasteiger partial charge on any atom is 0.272 e. The van der Waals surface area contributed by atoms with Crippen LogP contribution in [-0.4, -0.2) is 28.1 Å². The molecule has 5 nitrogen and oxygen atoms in total. The molecule has 1 atom stereocenters. The smallest absolute Gasteiger partial charge is 0.272 e. The number of aromatic nitrogens is 2. The Labute approximate surface area is 127 Å². The van der Waals surface area contributed by atoms with Crippen LogP contribution in [0.15, 0.2) is 18.2 Å². The van der Waals surface area contributed by atoms with E-state index in [9.17, 15) is 4.79 Å². The van der Waals surface area contributed by atoms with Crippen LogP contribution in [0.2, 0.25) is 0 Å². The van der Waals surface area contributed by atoms with Crippen molar-refractivity contribution in [1.82, 2.24) is 9.59 Å². The first-order valence-electron chi connectivity index (χ1n) is 7.00. The minimum Gasteiger partial charge on any atom is -0.487 e. The minimum atomic E-state index is -0.0397. The second-order valence-electron chi connectivity index (χ2n) is 5.22. The Morgan fingerprint density at radius 3 is 3.10 bits per heavy atom. The number of anilines is 1. The molecule has 2 heterocycles. The largest absolute Gasteiger partial charge is 0.487 e. The monoisotopic (exact) mass is 303 g/mol. The summed E-state index contributed by atoms with van der Waals surface area (Å²) in [5, 5.41) is 4.03. The Kier molecular flexibility index (Phi) is 3.63. The van der Waals surface area contributed by atoms with E-state index >= 15 is 0 Å². The van der Waals surface area contributed by atoms with Crippen molar-refractivity contribution in [3.05, 3.63) is 34.3 Å². The predicted octanol–water partition coefficient (Wildman–Crippen LogP) is 2.84. The number of ether oxygens (including phenoxy) is 1. The van der Waals surface area contributed by atoms with Crippen molar-refractivity contribution in [2.45, 2.75) is 33.3 Å². The second kappa shape index (κ2) is 5.44. The number of hydrogen-bond donors (Lipinski definition) is 0. The van der Waals surface area contributed by atoms with Gasteiger partial charge in [-0.2, -0.15) is 0 Å². The summed E-state index contributed by atoms with van der Waals surface area (Å²) in [5.74, 6) is 0.722. The van der Waals surface area contributed by atoms with Crippen molar-refractivity contribution in [2.75, 3.05) is 11.4 Å². The van der Waals surface area contributed by atoms with Crippen LogP contribution >= 0.6 is 11.5 Å². The van der Waals surface area contributed by atoms with Gasteiger partial charge in [0.05, 0.1) is 17.9 Å². The lowest BCUT2D eigenvalue weighted by molar-refractivity contribution is 0.0964. The van der Waals surface area contributed by atoms with E-state index in [0.717, 1.165) is 34.2 Å². The zero-order chi connectivity index (χ0) is 15.0. The Morgan fingerprint density at radius 2 is 2.33 bits per heavy atom. The molecule has 1 aromatic heterocycles. The fourth-order valence-corrected chi connectivity index (χ4v) is 3.17. The van der Waals surface area contributed by atoms with Crippen LogP contribution in [0, 0.1) is 6.92 Å². The highest BCUT2D eigenvalue weighted by Crippen LogP contribution is 2.35. The summed E-state index contributed by atoms with van der Waals surface area (Å²) < 4.78 is 9.76. The Morgan fingerprint density at radius 1 is 1.52 bits per heavy atom. The van der Waals surface area contributed by atoms with Gasteiger partial charge in [-0.05, 0) is 49.5 Å². The number of carbonyl (C=O) groups excluding carboxylic acids is 1. The number of benzene rings is 1. The molecule has 0 aliphatic carbocycles. The van der Waals surface area contributed by atoms with E-state index in [1.807, 2.05) is 39.0 Å². The summed E-state index contributed by atoms with van der Waals surface area (Å²) in [6.07, 6.45) is 0.673. The third kappa shape index (κ3) is 2.51. The summed E-state index contributed by atoms with van der Waals surface area (Å²) in [7, 11) is 0. The normalized spacial score (nSPS) is 17.3. The van der Waals surface area contributed by atoms with E-state index in [1.165, 1.54) is 0 Å². The van der Waals surface area contributed by atoms with Gasteiger partial charge in [-0.25, -0.2) is 0 Å². The Hall–Kier alpha value is -1.95. The average molecular weight is 303 g/mol. The lowest BCUT2D eigenvalue weighted by atomic mass is 10.1. The van der Waals surface area contributed by atoms with Gasteiger partial charge in [0.2, 0.25) is 0 Å². The van der Waals surface area contributed by atoms with Gasteiger partial charge in [0.25, 0.3) is 5.91 Å². The zero-order valence-electron chi connectivity index (χ0n) is 12.3. The van der Waals surface area contributed by atoms with Crippen molar-refractivity contribution in [3.8, 4) is 5.75 Å². The quantitative estimate of drug-likeness (QED) is 0.856. The molecule has 0 saturated heterocycles. The van der Waals surface area contributed by atoms with Crippen LogP contribution in [-0.2, 0) is 6.42 Å². The molecular formula is C15H17N3O2S. The molecule has 1 amide bonds. The first-order valence-corrected chi connectivity index (χ1v) is 7.78. The van der Waals surface area contributed by atoms with Gasteiger partial charge >= 0.3 is 0 Å². The van der Waals surface area contributed by atoms with Crippen LogP contribution in [0.5, 0.6) is 5.75 Å². The lowest BCUT2D eigenvalue weighted by Gasteiger charge is -2.33. The summed E-state index contributed by atoms with van der Waals surface area (Å²) >= 11 is 1.16. The van der Waals surface area contributed by atoms with Gasteiger partial charge < -0.3 is 9.64 Å². The summed E-state index contributed by atoms with van der Waals surface area (Å²) in [4.78, 5) is 15.2. The van der Waals surface area contributed by atoms with Crippen molar-refractivity contribution in [2.24, 2.45) is 0 Å². The van der Waals surface area contributed by atoms with Crippen molar-refractivity contribution in [1.29, 1.82) is 0 Å². The van der Waals surface area contributed by atoms with Gasteiger partial charge in [0, 0.05) is 0 Å². The van der Waals surface area contributed by atoms with E-state index in [-0.39, 0.29) is 12.0 Å². The van der Waals surface area contributed by atoms with E-state index in [0.29, 0.717) is 17.8 Å². The molecule has 1 unspecified atom stereocenters. The molecule has 0 N–H and O–H groups in total. The van der Waals surface area contributed by atoms with Crippen LogP contribution in [0.25, 0.3) is 0 Å². The van der Waals surface area contributed by atoms with Crippen LogP contribution in [0.3, 0.4) is 0 Å². The maximum absolute atomic E-state index is 12.8. The number of amides is 1. The maximum atomic E-state index is 12.8. The fourth-order valence-electron chi connectivity index (χ4n) is 2.47. The third-order valence-corrected chi connectivity index (χ3v) is 4.26. The average Bonchev–Trinajstić information content (AvgIpc) is 2.93. The standard InChI is InChI=1S/C15H17N3O2S/c1-4-11-14(21-17-16-11)15(19)18-8-10(3)20-13-7-9(2)5-6-12(13)18/h5-7,10H,4,8H2,1-3H3. The molecule has 1 aromatic carbocycles. The van der Waals surface area contributed by atoms with Gasteiger partial charge in [-0.1, -0.05) is 17.5 Å². The van der Waals surface area contributed by atoms with Crippen LogP contribution < -0.4 is 9.64 Å². The predicted molar refractivity (Wildman–Crippen MR) is 82.2 cm³/mol. The van der Waals surface area contributed by atoms with Crippen molar-refractivity contribution < 1.29 is 9.53 Å².